The number of hydrogen-bond donors (Lipinski definition) is 1. The molecule has 1 aliphatic rings. The first-order valence-corrected chi connectivity index (χ1v) is 7.45. The van der Waals surface area contributed by atoms with Gasteiger partial charge < -0.3 is 9.84 Å². The standard InChI is InChI=1S/C16H29NO4/c1-14(2,3)9-16(6,7)21-13(20)17-10-15(4,5)8-11(17)12(18)19/h11H,8-10H2,1-7H3,(H,18,19). The van der Waals surface area contributed by atoms with Crippen molar-refractivity contribution in [3.8, 4) is 0 Å². The van der Waals surface area contributed by atoms with Crippen LogP contribution in [-0.4, -0.2) is 40.3 Å². The van der Waals surface area contributed by atoms with Crippen molar-refractivity contribution >= 4 is 12.1 Å². The molecule has 0 bridgehead atoms. The lowest BCUT2D eigenvalue weighted by Crippen LogP contribution is -2.45. The number of carbonyl (C=O) groups is 2. The van der Waals surface area contributed by atoms with Crippen molar-refractivity contribution in [3.05, 3.63) is 0 Å². The average Bonchev–Trinajstić information content (AvgIpc) is 2.49. The van der Waals surface area contributed by atoms with Gasteiger partial charge in [-0.15, -0.1) is 0 Å². The van der Waals surface area contributed by atoms with Crippen molar-refractivity contribution < 1.29 is 19.4 Å². The lowest BCUT2D eigenvalue weighted by molar-refractivity contribution is -0.142. The number of likely N-dealkylation sites (tertiary alicyclic amines) is 1. The number of aliphatic carboxylic acids is 1. The normalized spacial score (nSPS) is 22.2. The Kier molecular flexibility index (Phi) is 4.66. The van der Waals surface area contributed by atoms with E-state index < -0.39 is 23.7 Å². The number of carboxylic acid groups (broad SMARTS) is 1. The van der Waals surface area contributed by atoms with E-state index in [-0.39, 0.29) is 10.8 Å². The second kappa shape index (κ2) is 5.50. The zero-order chi connectivity index (χ0) is 16.6. The summed E-state index contributed by atoms with van der Waals surface area (Å²) in [5.41, 5.74) is -0.790. The molecule has 1 atom stereocenters. The zero-order valence-corrected chi connectivity index (χ0v) is 14.3. The summed E-state index contributed by atoms with van der Waals surface area (Å²) >= 11 is 0. The van der Waals surface area contributed by atoms with E-state index in [4.69, 9.17) is 4.74 Å². The molecule has 0 radical (unpaired) electrons. The summed E-state index contributed by atoms with van der Waals surface area (Å²) in [6.07, 6.45) is 0.639. The van der Waals surface area contributed by atoms with Gasteiger partial charge in [-0.2, -0.15) is 0 Å². The highest BCUT2D eigenvalue weighted by Gasteiger charge is 2.45. The van der Waals surface area contributed by atoms with Crippen LogP contribution in [0, 0.1) is 10.8 Å². The molecule has 0 aromatic carbocycles. The number of rotatable bonds is 3. The fourth-order valence-corrected chi connectivity index (χ4v) is 3.29. The van der Waals surface area contributed by atoms with Crippen LogP contribution in [-0.2, 0) is 9.53 Å². The van der Waals surface area contributed by atoms with E-state index in [0.717, 1.165) is 0 Å². The average molecular weight is 299 g/mol. The molecule has 0 aromatic heterocycles. The molecule has 1 amide bonds. The Balaban J connectivity index is 2.81. The number of nitrogens with zero attached hydrogens (tertiary/aromatic N) is 1. The second-order valence-corrected chi connectivity index (χ2v) is 8.72. The molecule has 5 heteroatoms. The molecule has 0 spiro atoms. The Labute approximate surface area is 127 Å². The molecule has 1 N–H and O–H groups in total. The quantitative estimate of drug-likeness (QED) is 0.865. The highest BCUT2D eigenvalue weighted by Crippen LogP contribution is 2.36. The molecule has 122 valence electrons. The van der Waals surface area contributed by atoms with Crippen molar-refractivity contribution in [1.82, 2.24) is 4.90 Å². The largest absolute Gasteiger partial charge is 0.480 e. The van der Waals surface area contributed by atoms with Gasteiger partial charge in [0.2, 0.25) is 0 Å². The number of ether oxygens (including phenoxy) is 1. The summed E-state index contributed by atoms with van der Waals surface area (Å²) in [6, 6.07) is -0.794. The van der Waals surface area contributed by atoms with Crippen molar-refractivity contribution in [2.75, 3.05) is 6.54 Å². The van der Waals surface area contributed by atoms with Gasteiger partial charge in [-0.05, 0) is 37.5 Å². The van der Waals surface area contributed by atoms with Crippen molar-refractivity contribution in [2.45, 2.75) is 73.0 Å². The fourth-order valence-electron chi connectivity index (χ4n) is 3.29. The molecule has 1 fully saturated rings. The summed E-state index contributed by atoms with van der Waals surface area (Å²) < 4.78 is 5.60. The van der Waals surface area contributed by atoms with E-state index in [1.807, 2.05) is 27.7 Å². The van der Waals surface area contributed by atoms with Crippen LogP contribution in [0.3, 0.4) is 0 Å². The number of carboxylic acids is 1. The summed E-state index contributed by atoms with van der Waals surface area (Å²) in [5, 5.41) is 9.30. The Morgan fingerprint density at radius 3 is 2.19 bits per heavy atom. The van der Waals surface area contributed by atoms with E-state index in [1.165, 1.54) is 4.90 Å². The molecular weight excluding hydrogens is 270 g/mol. The minimum Gasteiger partial charge on any atom is -0.480 e. The lowest BCUT2D eigenvalue weighted by atomic mass is 9.84. The Morgan fingerprint density at radius 1 is 1.24 bits per heavy atom. The van der Waals surface area contributed by atoms with Crippen LogP contribution in [0.4, 0.5) is 4.79 Å². The van der Waals surface area contributed by atoms with Gasteiger partial charge in [0.25, 0.3) is 0 Å². The number of amides is 1. The molecule has 1 unspecified atom stereocenters. The third kappa shape index (κ3) is 5.21. The van der Waals surface area contributed by atoms with Crippen molar-refractivity contribution in [2.24, 2.45) is 10.8 Å². The molecule has 1 aliphatic heterocycles. The lowest BCUT2D eigenvalue weighted by Gasteiger charge is -2.34. The minimum absolute atomic E-state index is 0.0280. The summed E-state index contributed by atoms with van der Waals surface area (Å²) in [7, 11) is 0. The molecule has 21 heavy (non-hydrogen) atoms. The highest BCUT2D eigenvalue weighted by atomic mass is 16.6. The van der Waals surface area contributed by atoms with Gasteiger partial charge in [0, 0.05) is 6.54 Å². The first-order valence-electron chi connectivity index (χ1n) is 7.45. The summed E-state index contributed by atoms with van der Waals surface area (Å²) in [6.45, 7) is 14.3. The molecule has 0 aromatic rings. The minimum atomic E-state index is -0.967. The smallest absolute Gasteiger partial charge is 0.411 e. The molecular formula is C16H29NO4. The van der Waals surface area contributed by atoms with Gasteiger partial charge in [0.1, 0.15) is 11.6 Å². The molecule has 0 aliphatic carbocycles. The Hall–Kier alpha value is -1.26. The van der Waals surface area contributed by atoms with Crippen molar-refractivity contribution in [1.29, 1.82) is 0 Å². The molecule has 5 nitrogen and oxygen atoms in total. The van der Waals surface area contributed by atoms with Gasteiger partial charge in [-0.1, -0.05) is 34.6 Å². The molecule has 1 saturated heterocycles. The number of carbonyl (C=O) groups excluding carboxylic acids is 1. The molecule has 1 heterocycles. The first-order chi connectivity index (χ1) is 9.22. The monoisotopic (exact) mass is 299 g/mol. The number of hydrogen-bond acceptors (Lipinski definition) is 3. The Morgan fingerprint density at radius 2 is 1.76 bits per heavy atom. The topological polar surface area (TPSA) is 66.8 Å². The van der Waals surface area contributed by atoms with Crippen LogP contribution in [0.15, 0.2) is 0 Å². The van der Waals surface area contributed by atoms with E-state index in [1.54, 1.807) is 0 Å². The SMILES string of the molecule is CC(C)(C)CC(C)(C)OC(=O)N1CC(C)(C)CC1C(=O)O. The van der Waals surface area contributed by atoms with Crippen LogP contribution in [0.5, 0.6) is 0 Å². The maximum absolute atomic E-state index is 12.4. The molecule has 1 rings (SSSR count). The van der Waals surface area contributed by atoms with Gasteiger partial charge in [0.15, 0.2) is 0 Å². The molecule has 0 saturated carbocycles. The maximum atomic E-state index is 12.4. The fraction of sp³-hybridized carbons (Fsp3) is 0.875. The first kappa shape index (κ1) is 17.8. The summed E-state index contributed by atoms with van der Waals surface area (Å²) in [5.74, 6) is -0.967. The third-order valence-corrected chi connectivity index (χ3v) is 3.56. The van der Waals surface area contributed by atoms with Crippen molar-refractivity contribution in [3.63, 3.8) is 0 Å². The van der Waals surface area contributed by atoms with Gasteiger partial charge in [-0.25, -0.2) is 9.59 Å². The van der Waals surface area contributed by atoms with Crippen LogP contribution in [0.25, 0.3) is 0 Å². The predicted molar refractivity (Wildman–Crippen MR) is 81.2 cm³/mol. The van der Waals surface area contributed by atoms with Gasteiger partial charge in [-0.3, -0.25) is 4.90 Å². The summed E-state index contributed by atoms with van der Waals surface area (Å²) in [4.78, 5) is 25.1. The predicted octanol–water partition coefficient (Wildman–Crippen LogP) is 3.52. The van der Waals surface area contributed by atoms with E-state index in [0.29, 0.717) is 19.4 Å². The highest BCUT2D eigenvalue weighted by molar-refractivity contribution is 5.81. The Bertz CT molecular complexity index is 420. The van der Waals surface area contributed by atoms with Crippen LogP contribution >= 0.6 is 0 Å². The van der Waals surface area contributed by atoms with E-state index in [2.05, 4.69) is 20.8 Å². The van der Waals surface area contributed by atoms with Gasteiger partial charge in [0.05, 0.1) is 0 Å². The van der Waals surface area contributed by atoms with Crippen LogP contribution < -0.4 is 0 Å². The second-order valence-electron chi connectivity index (χ2n) is 8.72. The maximum Gasteiger partial charge on any atom is 0.411 e. The third-order valence-electron chi connectivity index (χ3n) is 3.56. The van der Waals surface area contributed by atoms with E-state index >= 15 is 0 Å². The van der Waals surface area contributed by atoms with E-state index in [9.17, 15) is 14.7 Å². The van der Waals surface area contributed by atoms with Crippen LogP contribution in [0.1, 0.15) is 61.3 Å². The van der Waals surface area contributed by atoms with Gasteiger partial charge >= 0.3 is 12.1 Å². The zero-order valence-electron chi connectivity index (χ0n) is 14.3. The van der Waals surface area contributed by atoms with Crippen LogP contribution in [0.2, 0.25) is 0 Å².